The van der Waals surface area contributed by atoms with E-state index in [1.807, 2.05) is 24.3 Å². The monoisotopic (exact) mass is 716 g/mol. The summed E-state index contributed by atoms with van der Waals surface area (Å²) in [6.07, 6.45) is 0. The first-order chi connectivity index (χ1) is 27.7. The number of furan rings is 1. The molecule has 8 aromatic carbocycles. The predicted molar refractivity (Wildman–Crippen MR) is 229 cm³/mol. The van der Waals surface area contributed by atoms with Crippen LogP contribution in [-0.4, -0.2) is 19.5 Å². The molecule has 3 aromatic heterocycles. The molecule has 0 saturated carbocycles. The Bertz CT molecular complexity index is 3060. The van der Waals surface area contributed by atoms with Crippen LogP contribution in [0, 0.1) is 0 Å². The maximum Gasteiger partial charge on any atom is 0.164 e. The number of hydrogen-bond acceptors (Lipinski definition) is 4. The van der Waals surface area contributed by atoms with Crippen molar-refractivity contribution in [2.24, 2.45) is 0 Å². The lowest BCUT2D eigenvalue weighted by Gasteiger charge is -2.11. The van der Waals surface area contributed by atoms with Crippen LogP contribution in [0.25, 0.3) is 106 Å². The van der Waals surface area contributed by atoms with Gasteiger partial charge in [-0.05, 0) is 58.7 Å². The van der Waals surface area contributed by atoms with Crippen molar-refractivity contribution in [1.29, 1.82) is 0 Å². The highest BCUT2D eigenvalue weighted by Gasteiger charge is 2.20. The molecule has 5 nitrogen and oxygen atoms in total. The fraction of sp³-hybridized carbons (Fsp3) is 0. The van der Waals surface area contributed by atoms with Crippen molar-refractivity contribution in [3.8, 4) is 62.1 Å². The van der Waals surface area contributed by atoms with Gasteiger partial charge in [0, 0.05) is 43.9 Å². The fourth-order valence-electron chi connectivity index (χ4n) is 7.98. The van der Waals surface area contributed by atoms with E-state index in [4.69, 9.17) is 19.4 Å². The Morgan fingerprint density at radius 1 is 0.339 bits per heavy atom. The summed E-state index contributed by atoms with van der Waals surface area (Å²) in [5, 5.41) is 4.41. The van der Waals surface area contributed by atoms with Crippen LogP contribution in [0.1, 0.15) is 0 Å². The highest BCUT2D eigenvalue weighted by Crippen LogP contribution is 2.39. The van der Waals surface area contributed by atoms with Crippen molar-refractivity contribution in [2.45, 2.75) is 0 Å². The summed E-state index contributed by atoms with van der Waals surface area (Å²) >= 11 is 0. The molecule has 0 saturated heterocycles. The zero-order chi connectivity index (χ0) is 37.0. The summed E-state index contributed by atoms with van der Waals surface area (Å²) in [6.45, 7) is 0. The van der Waals surface area contributed by atoms with E-state index in [-0.39, 0.29) is 0 Å². The molecule has 11 aromatic rings. The fourth-order valence-corrected chi connectivity index (χ4v) is 7.98. The minimum atomic E-state index is 0.583. The molecule has 56 heavy (non-hydrogen) atoms. The molecule has 0 unspecified atom stereocenters. The molecule has 0 spiro atoms. The number of hydrogen-bond donors (Lipinski definition) is 0. The van der Waals surface area contributed by atoms with Gasteiger partial charge in [0.15, 0.2) is 17.5 Å². The summed E-state index contributed by atoms with van der Waals surface area (Å²) in [7, 11) is 0. The van der Waals surface area contributed by atoms with Crippen LogP contribution in [0.15, 0.2) is 199 Å². The molecule has 0 radical (unpaired) electrons. The molecule has 3 heterocycles. The van der Waals surface area contributed by atoms with Crippen molar-refractivity contribution in [1.82, 2.24) is 19.5 Å². The summed E-state index contributed by atoms with van der Waals surface area (Å²) in [4.78, 5) is 15.5. The van der Waals surface area contributed by atoms with E-state index in [1.165, 1.54) is 10.8 Å². The van der Waals surface area contributed by atoms with Crippen molar-refractivity contribution >= 4 is 43.7 Å². The molecule has 0 aliphatic heterocycles. The largest absolute Gasteiger partial charge is 0.456 e. The van der Waals surface area contributed by atoms with E-state index >= 15 is 0 Å². The molecular weight excluding hydrogens is 685 g/mol. The van der Waals surface area contributed by atoms with E-state index in [0.29, 0.717) is 17.5 Å². The highest BCUT2D eigenvalue weighted by atomic mass is 16.3. The third kappa shape index (κ3) is 5.37. The van der Waals surface area contributed by atoms with Gasteiger partial charge in [0.05, 0.1) is 11.0 Å². The maximum atomic E-state index is 6.52. The van der Waals surface area contributed by atoms with Crippen LogP contribution < -0.4 is 0 Å². The first-order valence-electron chi connectivity index (χ1n) is 18.8. The minimum Gasteiger partial charge on any atom is -0.456 e. The van der Waals surface area contributed by atoms with E-state index in [1.54, 1.807) is 0 Å². The second-order valence-electron chi connectivity index (χ2n) is 14.0. The first-order valence-corrected chi connectivity index (χ1v) is 18.8. The minimum absolute atomic E-state index is 0.583. The quantitative estimate of drug-likeness (QED) is 0.172. The van der Waals surface area contributed by atoms with Gasteiger partial charge in [-0.25, -0.2) is 15.0 Å². The Morgan fingerprint density at radius 2 is 0.821 bits per heavy atom. The smallest absolute Gasteiger partial charge is 0.164 e. The predicted octanol–water partition coefficient (Wildman–Crippen LogP) is 13.2. The summed E-state index contributed by atoms with van der Waals surface area (Å²) in [5.74, 6) is 1.79. The molecule has 5 heteroatoms. The van der Waals surface area contributed by atoms with Gasteiger partial charge < -0.3 is 8.98 Å². The second-order valence-corrected chi connectivity index (χ2v) is 14.0. The van der Waals surface area contributed by atoms with Crippen molar-refractivity contribution in [3.05, 3.63) is 194 Å². The molecule has 0 N–H and O–H groups in total. The van der Waals surface area contributed by atoms with Crippen molar-refractivity contribution < 1.29 is 4.42 Å². The zero-order valence-corrected chi connectivity index (χ0v) is 30.2. The van der Waals surface area contributed by atoms with Crippen LogP contribution in [0.5, 0.6) is 0 Å². The molecule has 11 rings (SSSR count). The maximum absolute atomic E-state index is 6.52. The van der Waals surface area contributed by atoms with Crippen LogP contribution in [0.3, 0.4) is 0 Å². The van der Waals surface area contributed by atoms with Crippen LogP contribution >= 0.6 is 0 Å². The molecule has 0 aliphatic rings. The summed E-state index contributed by atoms with van der Waals surface area (Å²) < 4.78 is 8.86. The Kier molecular flexibility index (Phi) is 7.42. The average Bonchev–Trinajstić information content (AvgIpc) is 3.82. The number of aromatic nitrogens is 4. The van der Waals surface area contributed by atoms with Gasteiger partial charge in [-0.15, -0.1) is 0 Å². The van der Waals surface area contributed by atoms with E-state index < -0.39 is 0 Å². The molecule has 0 fully saturated rings. The van der Waals surface area contributed by atoms with Crippen LogP contribution in [0.4, 0.5) is 0 Å². The lowest BCUT2D eigenvalue weighted by atomic mass is 10.0. The van der Waals surface area contributed by atoms with Gasteiger partial charge >= 0.3 is 0 Å². The Labute approximate surface area is 322 Å². The van der Waals surface area contributed by atoms with Gasteiger partial charge in [-0.2, -0.15) is 0 Å². The third-order valence-electron chi connectivity index (χ3n) is 10.7. The summed E-state index contributed by atoms with van der Waals surface area (Å²) in [6, 6.07) is 67.4. The highest BCUT2D eigenvalue weighted by molar-refractivity contribution is 6.13. The first kappa shape index (κ1) is 31.9. The zero-order valence-electron chi connectivity index (χ0n) is 30.2. The summed E-state index contributed by atoms with van der Waals surface area (Å²) in [5.41, 5.74) is 12.2. The van der Waals surface area contributed by atoms with E-state index in [0.717, 1.165) is 77.6 Å². The number of nitrogens with zero attached hydrogens (tertiary/aromatic N) is 4. The molecule has 0 atom stereocenters. The average molecular weight is 717 g/mol. The lowest BCUT2D eigenvalue weighted by molar-refractivity contribution is 0.669. The standard InChI is InChI=1S/C51H32N4O/c1-3-12-33(13-4-1)35-22-26-37(27-23-35)49-52-50(38-28-24-36(25-29-38)34-14-5-2-6-15-34)54-51(53-49)42-18-11-21-47-48(42)43-32-39(30-31-46(43)56-47)55-44-19-9-7-16-40(44)41-17-8-10-20-45(41)55/h1-32H. The van der Waals surface area contributed by atoms with E-state index in [2.05, 4.69) is 174 Å². The van der Waals surface area contributed by atoms with Crippen LogP contribution in [0.2, 0.25) is 0 Å². The van der Waals surface area contributed by atoms with Crippen LogP contribution in [-0.2, 0) is 0 Å². The molecular formula is C51H32N4O. The van der Waals surface area contributed by atoms with Gasteiger partial charge in [0.25, 0.3) is 0 Å². The third-order valence-corrected chi connectivity index (χ3v) is 10.7. The Morgan fingerprint density at radius 3 is 1.39 bits per heavy atom. The van der Waals surface area contributed by atoms with Gasteiger partial charge in [0.1, 0.15) is 11.2 Å². The van der Waals surface area contributed by atoms with E-state index in [9.17, 15) is 0 Å². The number of benzene rings is 8. The number of rotatable bonds is 6. The lowest BCUT2D eigenvalue weighted by Crippen LogP contribution is -2.00. The molecule has 262 valence electrons. The number of fused-ring (bicyclic) bond motifs is 6. The normalized spacial score (nSPS) is 11.6. The molecule has 0 amide bonds. The number of para-hydroxylation sites is 2. The van der Waals surface area contributed by atoms with Gasteiger partial charge in [-0.3, -0.25) is 0 Å². The SMILES string of the molecule is c1ccc(-c2ccc(-c3nc(-c4ccc(-c5ccccc5)cc4)nc(-c4cccc5oc6ccc(-n7c8ccccc8c8ccccc87)cc6c45)n3)cc2)cc1. The van der Waals surface area contributed by atoms with Gasteiger partial charge in [0.2, 0.25) is 0 Å². The second kappa shape index (κ2) is 13.0. The van der Waals surface area contributed by atoms with Crippen molar-refractivity contribution in [3.63, 3.8) is 0 Å². The Balaban J connectivity index is 1.10. The molecule has 0 aliphatic carbocycles. The van der Waals surface area contributed by atoms with Gasteiger partial charge in [-0.1, -0.05) is 158 Å². The molecule has 0 bridgehead atoms. The van der Waals surface area contributed by atoms with Crippen molar-refractivity contribution in [2.75, 3.05) is 0 Å². The topological polar surface area (TPSA) is 56.7 Å². The Hall–Kier alpha value is -7.63.